The van der Waals surface area contributed by atoms with Gasteiger partial charge in [-0.2, -0.15) is 0 Å². The predicted octanol–water partition coefficient (Wildman–Crippen LogP) is 3.21. The zero-order valence-electron chi connectivity index (χ0n) is 13.9. The van der Waals surface area contributed by atoms with Gasteiger partial charge in [0.25, 0.3) is 0 Å². The maximum Gasteiger partial charge on any atom is 0.317 e. The van der Waals surface area contributed by atoms with E-state index in [-0.39, 0.29) is 12.1 Å². The van der Waals surface area contributed by atoms with Gasteiger partial charge in [0.1, 0.15) is 11.3 Å². The van der Waals surface area contributed by atoms with Crippen LogP contribution in [-0.2, 0) is 0 Å². The molecule has 1 aromatic heterocycles. The molecule has 1 aliphatic rings. The minimum Gasteiger partial charge on any atom is -0.459 e. The molecule has 2 aromatic rings. The van der Waals surface area contributed by atoms with E-state index in [0.717, 1.165) is 35.1 Å². The summed E-state index contributed by atoms with van der Waals surface area (Å²) in [6, 6.07) is 7.44. The Morgan fingerprint density at radius 2 is 2.13 bits per heavy atom. The molecule has 23 heavy (non-hydrogen) atoms. The fraction of sp³-hybridized carbons (Fsp3) is 0.500. The second-order valence-electron chi connectivity index (χ2n) is 6.54. The van der Waals surface area contributed by atoms with Gasteiger partial charge >= 0.3 is 6.03 Å². The molecule has 1 aromatic carbocycles. The summed E-state index contributed by atoms with van der Waals surface area (Å²) in [5.41, 5.74) is 1.88. The number of furan rings is 1. The van der Waals surface area contributed by atoms with Gasteiger partial charge in [-0.3, -0.25) is 0 Å². The second-order valence-corrected chi connectivity index (χ2v) is 6.54. The van der Waals surface area contributed by atoms with Crippen LogP contribution in [0, 0.1) is 12.8 Å². The lowest BCUT2D eigenvalue weighted by atomic mass is 10.1. The summed E-state index contributed by atoms with van der Waals surface area (Å²) < 4.78 is 5.89. The molecule has 124 valence electrons. The Morgan fingerprint density at radius 3 is 2.78 bits per heavy atom. The van der Waals surface area contributed by atoms with Crippen LogP contribution in [0.3, 0.4) is 0 Å². The van der Waals surface area contributed by atoms with E-state index in [1.165, 1.54) is 4.90 Å². The van der Waals surface area contributed by atoms with Crippen LogP contribution < -0.4 is 5.32 Å². The highest BCUT2D eigenvalue weighted by Crippen LogP contribution is 2.33. The van der Waals surface area contributed by atoms with Crippen LogP contribution in [0.1, 0.15) is 37.1 Å². The highest BCUT2D eigenvalue weighted by Gasteiger charge is 2.31. The predicted molar refractivity (Wildman–Crippen MR) is 89.3 cm³/mol. The largest absolute Gasteiger partial charge is 0.459 e. The third-order valence-electron chi connectivity index (χ3n) is 4.59. The number of likely N-dealkylation sites (N-methyl/N-ethyl adjacent to an activating group) is 1. The van der Waals surface area contributed by atoms with E-state index in [1.54, 1.807) is 7.05 Å². The Labute approximate surface area is 136 Å². The topological polar surface area (TPSA) is 65.7 Å². The van der Waals surface area contributed by atoms with Crippen molar-refractivity contribution in [1.82, 2.24) is 10.2 Å². The molecule has 0 bridgehead atoms. The van der Waals surface area contributed by atoms with Crippen LogP contribution in [0.2, 0.25) is 0 Å². The summed E-state index contributed by atoms with van der Waals surface area (Å²) >= 11 is 0. The van der Waals surface area contributed by atoms with Gasteiger partial charge in [0.05, 0.1) is 12.1 Å². The van der Waals surface area contributed by atoms with Crippen LogP contribution >= 0.6 is 0 Å². The number of fused-ring (bicyclic) bond motifs is 1. The molecular formula is C18H24N2O3. The third kappa shape index (κ3) is 3.34. The normalized spacial score (nSPS) is 17.0. The van der Waals surface area contributed by atoms with Crippen molar-refractivity contribution in [2.75, 3.05) is 13.6 Å². The number of carbonyl (C=O) groups excluding carboxylic acids is 1. The van der Waals surface area contributed by atoms with Gasteiger partial charge in [-0.05, 0) is 38.7 Å². The van der Waals surface area contributed by atoms with Gasteiger partial charge in [0.15, 0.2) is 0 Å². The molecule has 1 fully saturated rings. The maximum absolute atomic E-state index is 12.3. The minimum atomic E-state index is -0.422. The number of para-hydroxylation sites is 1. The highest BCUT2D eigenvalue weighted by atomic mass is 16.3. The standard InChI is InChI=1S/C18H24N2O3/c1-11-14-6-4-5-7-16(14)23-17(11)12(2)19-18(22)20(3)10-15(21)13-8-9-13/h4-7,12-13,15,21H,8-10H2,1-3H3,(H,19,22). The van der Waals surface area contributed by atoms with E-state index >= 15 is 0 Å². The first-order chi connectivity index (χ1) is 11.0. The van der Waals surface area contributed by atoms with E-state index < -0.39 is 6.10 Å². The van der Waals surface area contributed by atoms with Gasteiger partial charge in [0.2, 0.25) is 0 Å². The maximum atomic E-state index is 12.3. The van der Waals surface area contributed by atoms with Gasteiger partial charge in [-0.1, -0.05) is 18.2 Å². The van der Waals surface area contributed by atoms with Gasteiger partial charge in [0, 0.05) is 24.5 Å². The molecule has 2 amide bonds. The molecule has 2 unspecified atom stereocenters. The Morgan fingerprint density at radius 1 is 1.43 bits per heavy atom. The van der Waals surface area contributed by atoms with Crippen molar-refractivity contribution in [3.05, 3.63) is 35.6 Å². The number of nitrogens with one attached hydrogen (secondary N) is 1. The van der Waals surface area contributed by atoms with Crippen LogP contribution in [-0.4, -0.2) is 35.7 Å². The summed E-state index contributed by atoms with van der Waals surface area (Å²) in [7, 11) is 1.71. The molecule has 1 heterocycles. The molecule has 1 aliphatic carbocycles. The van der Waals surface area contributed by atoms with Crippen molar-refractivity contribution < 1.29 is 14.3 Å². The number of carbonyl (C=O) groups is 1. The lowest BCUT2D eigenvalue weighted by Crippen LogP contribution is -2.42. The minimum absolute atomic E-state index is 0.197. The highest BCUT2D eigenvalue weighted by molar-refractivity contribution is 5.82. The molecule has 0 radical (unpaired) electrons. The summed E-state index contributed by atoms with van der Waals surface area (Å²) in [5.74, 6) is 1.14. The number of aliphatic hydroxyl groups excluding tert-OH is 1. The molecule has 3 rings (SSSR count). The van der Waals surface area contributed by atoms with Crippen molar-refractivity contribution in [2.45, 2.75) is 38.8 Å². The first kappa shape index (κ1) is 15.9. The van der Waals surface area contributed by atoms with Crippen molar-refractivity contribution >= 4 is 17.0 Å². The van der Waals surface area contributed by atoms with E-state index in [1.807, 2.05) is 38.1 Å². The third-order valence-corrected chi connectivity index (χ3v) is 4.59. The molecule has 0 aliphatic heterocycles. The second kappa shape index (κ2) is 6.24. The molecule has 0 spiro atoms. The van der Waals surface area contributed by atoms with Crippen molar-refractivity contribution in [3.63, 3.8) is 0 Å². The summed E-state index contributed by atoms with van der Waals surface area (Å²) in [6.45, 7) is 4.28. The number of amides is 2. The summed E-state index contributed by atoms with van der Waals surface area (Å²) in [5, 5.41) is 14.0. The van der Waals surface area contributed by atoms with Crippen LogP contribution in [0.5, 0.6) is 0 Å². The smallest absolute Gasteiger partial charge is 0.317 e. The van der Waals surface area contributed by atoms with Crippen molar-refractivity contribution in [2.24, 2.45) is 5.92 Å². The fourth-order valence-corrected chi connectivity index (χ4v) is 2.96. The Kier molecular flexibility index (Phi) is 4.31. The number of aryl methyl sites for hydroxylation is 1. The van der Waals surface area contributed by atoms with Crippen LogP contribution in [0.25, 0.3) is 11.0 Å². The van der Waals surface area contributed by atoms with Gasteiger partial charge in [-0.25, -0.2) is 4.79 Å². The Bertz CT molecular complexity index is 705. The number of hydrogen-bond acceptors (Lipinski definition) is 3. The number of aliphatic hydroxyl groups is 1. The number of hydrogen-bond donors (Lipinski definition) is 2. The molecule has 1 saturated carbocycles. The van der Waals surface area contributed by atoms with E-state index in [0.29, 0.717) is 12.5 Å². The van der Waals surface area contributed by atoms with Gasteiger partial charge in [-0.15, -0.1) is 0 Å². The first-order valence-electron chi connectivity index (χ1n) is 8.15. The number of benzene rings is 1. The van der Waals surface area contributed by atoms with Gasteiger partial charge < -0.3 is 19.7 Å². The first-order valence-corrected chi connectivity index (χ1v) is 8.15. The zero-order valence-corrected chi connectivity index (χ0v) is 13.9. The molecule has 2 N–H and O–H groups in total. The van der Waals surface area contributed by atoms with Crippen molar-refractivity contribution in [3.8, 4) is 0 Å². The number of urea groups is 1. The lowest BCUT2D eigenvalue weighted by Gasteiger charge is -2.23. The monoisotopic (exact) mass is 316 g/mol. The fourth-order valence-electron chi connectivity index (χ4n) is 2.96. The molecule has 0 saturated heterocycles. The zero-order chi connectivity index (χ0) is 16.6. The average Bonchev–Trinajstić information content (AvgIpc) is 3.32. The summed E-state index contributed by atoms with van der Waals surface area (Å²) in [4.78, 5) is 13.8. The molecule has 2 atom stereocenters. The van der Waals surface area contributed by atoms with Crippen LogP contribution in [0.4, 0.5) is 4.79 Å². The molecule has 5 heteroatoms. The Balaban J connectivity index is 1.66. The van der Waals surface area contributed by atoms with E-state index in [2.05, 4.69) is 5.32 Å². The van der Waals surface area contributed by atoms with E-state index in [4.69, 9.17) is 4.42 Å². The lowest BCUT2D eigenvalue weighted by molar-refractivity contribution is 0.112. The quantitative estimate of drug-likeness (QED) is 0.890. The van der Waals surface area contributed by atoms with Crippen LogP contribution in [0.15, 0.2) is 28.7 Å². The summed E-state index contributed by atoms with van der Waals surface area (Å²) in [6.07, 6.45) is 1.70. The Hall–Kier alpha value is -2.01. The molecule has 5 nitrogen and oxygen atoms in total. The number of nitrogens with zero attached hydrogens (tertiary/aromatic N) is 1. The average molecular weight is 316 g/mol. The SMILES string of the molecule is Cc1c(C(C)NC(=O)N(C)CC(O)C2CC2)oc2ccccc12. The van der Waals surface area contributed by atoms with E-state index in [9.17, 15) is 9.90 Å². The molecular weight excluding hydrogens is 292 g/mol. The number of rotatable bonds is 5. The van der Waals surface area contributed by atoms with Crippen molar-refractivity contribution in [1.29, 1.82) is 0 Å².